The summed E-state index contributed by atoms with van der Waals surface area (Å²) in [7, 11) is 0. The van der Waals surface area contributed by atoms with Gasteiger partial charge < -0.3 is 10.2 Å². The molecule has 0 aliphatic heterocycles. The molecule has 0 aromatic carbocycles. The van der Waals surface area contributed by atoms with Gasteiger partial charge in [-0.3, -0.25) is 0 Å². The lowest BCUT2D eigenvalue weighted by molar-refractivity contribution is 0.180. The van der Waals surface area contributed by atoms with Crippen molar-refractivity contribution in [2.75, 3.05) is 6.61 Å². The van der Waals surface area contributed by atoms with E-state index in [1.54, 1.807) is 0 Å². The van der Waals surface area contributed by atoms with Gasteiger partial charge >= 0.3 is 0 Å². The summed E-state index contributed by atoms with van der Waals surface area (Å²) >= 11 is 0. The van der Waals surface area contributed by atoms with E-state index in [4.69, 9.17) is 10.2 Å². The predicted molar refractivity (Wildman–Crippen MR) is 51.1 cm³/mol. The first-order chi connectivity index (χ1) is 5.77. The zero-order valence-electron chi connectivity index (χ0n) is 8.13. The van der Waals surface area contributed by atoms with Crippen LogP contribution in [0.1, 0.15) is 51.9 Å². The summed E-state index contributed by atoms with van der Waals surface area (Å²) in [5, 5.41) is 17.5. The number of hydrogen-bond donors (Lipinski definition) is 2. The molecule has 0 bridgehead atoms. The Hall–Kier alpha value is -0.0800. The van der Waals surface area contributed by atoms with Crippen LogP contribution < -0.4 is 0 Å². The standard InChI is InChI=1S/C10H22O2/c1-10(12)8-6-4-2-3-5-7-9-11/h10-12H,2-9H2,1H3. The summed E-state index contributed by atoms with van der Waals surface area (Å²) in [4.78, 5) is 0. The minimum absolute atomic E-state index is 0.137. The monoisotopic (exact) mass is 174 g/mol. The molecule has 2 heteroatoms. The van der Waals surface area contributed by atoms with Gasteiger partial charge in [0.15, 0.2) is 0 Å². The molecule has 74 valence electrons. The first-order valence-electron chi connectivity index (χ1n) is 5.06. The van der Waals surface area contributed by atoms with Crippen molar-refractivity contribution < 1.29 is 10.2 Å². The Labute approximate surface area is 75.6 Å². The number of aliphatic hydroxyl groups is 2. The molecule has 1 unspecified atom stereocenters. The highest BCUT2D eigenvalue weighted by molar-refractivity contribution is 4.49. The minimum atomic E-state index is -0.137. The molecule has 0 amide bonds. The van der Waals surface area contributed by atoms with Crippen molar-refractivity contribution in [3.8, 4) is 0 Å². The van der Waals surface area contributed by atoms with E-state index in [0.717, 1.165) is 25.7 Å². The highest BCUT2D eigenvalue weighted by Crippen LogP contribution is 2.08. The molecule has 0 saturated heterocycles. The van der Waals surface area contributed by atoms with Crippen molar-refractivity contribution in [2.24, 2.45) is 0 Å². The van der Waals surface area contributed by atoms with E-state index in [0.29, 0.717) is 6.61 Å². The number of rotatable bonds is 8. The van der Waals surface area contributed by atoms with Crippen LogP contribution in [0.3, 0.4) is 0 Å². The molecule has 0 aromatic rings. The molecule has 0 aliphatic rings. The second-order valence-corrected chi connectivity index (χ2v) is 3.48. The van der Waals surface area contributed by atoms with Crippen LogP contribution in [0.25, 0.3) is 0 Å². The lowest BCUT2D eigenvalue weighted by atomic mass is 10.1. The number of hydrogen-bond acceptors (Lipinski definition) is 2. The van der Waals surface area contributed by atoms with E-state index in [2.05, 4.69) is 0 Å². The molecule has 0 rings (SSSR count). The van der Waals surface area contributed by atoms with Gasteiger partial charge in [0, 0.05) is 6.61 Å². The van der Waals surface area contributed by atoms with E-state index in [1.807, 2.05) is 6.92 Å². The highest BCUT2D eigenvalue weighted by atomic mass is 16.3. The van der Waals surface area contributed by atoms with Crippen LogP contribution in [0.4, 0.5) is 0 Å². The molecule has 0 aliphatic carbocycles. The SMILES string of the molecule is CC(O)CCCCCCCCO. The van der Waals surface area contributed by atoms with Crippen molar-refractivity contribution in [2.45, 2.75) is 58.0 Å². The highest BCUT2D eigenvalue weighted by Gasteiger charge is 1.95. The van der Waals surface area contributed by atoms with Crippen LogP contribution in [-0.4, -0.2) is 22.9 Å². The van der Waals surface area contributed by atoms with E-state index in [9.17, 15) is 0 Å². The number of unbranched alkanes of at least 4 members (excludes halogenated alkanes) is 5. The normalized spacial score (nSPS) is 13.2. The molecule has 12 heavy (non-hydrogen) atoms. The molecule has 2 N–H and O–H groups in total. The van der Waals surface area contributed by atoms with Crippen molar-refractivity contribution in [3.05, 3.63) is 0 Å². The third kappa shape index (κ3) is 9.92. The average molecular weight is 174 g/mol. The van der Waals surface area contributed by atoms with Crippen LogP contribution >= 0.6 is 0 Å². The fourth-order valence-electron chi connectivity index (χ4n) is 1.26. The maximum Gasteiger partial charge on any atom is 0.0512 e. The molecular weight excluding hydrogens is 152 g/mol. The molecule has 0 heterocycles. The summed E-state index contributed by atoms with van der Waals surface area (Å²) in [6.07, 6.45) is 7.70. The van der Waals surface area contributed by atoms with E-state index < -0.39 is 0 Å². The van der Waals surface area contributed by atoms with Crippen LogP contribution in [0.15, 0.2) is 0 Å². The maximum atomic E-state index is 8.96. The Kier molecular flexibility index (Phi) is 8.95. The van der Waals surface area contributed by atoms with Gasteiger partial charge in [0.25, 0.3) is 0 Å². The van der Waals surface area contributed by atoms with E-state index in [-0.39, 0.29) is 6.10 Å². The molecule has 0 radical (unpaired) electrons. The van der Waals surface area contributed by atoms with Crippen LogP contribution in [0.5, 0.6) is 0 Å². The summed E-state index contributed by atoms with van der Waals surface area (Å²) in [6, 6.07) is 0. The van der Waals surface area contributed by atoms with Gasteiger partial charge in [-0.2, -0.15) is 0 Å². The zero-order valence-corrected chi connectivity index (χ0v) is 8.13. The summed E-state index contributed by atoms with van der Waals surface area (Å²) in [6.45, 7) is 2.17. The molecule has 1 atom stereocenters. The van der Waals surface area contributed by atoms with Gasteiger partial charge in [-0.25, -0.2) is 0 Å². The smallest absolute Gasteiger partial charge is 0.0512 e. The zero-order chi connectivity index (χ0) is 9.23. The molecule has 2 nitrogen and oxygen atoms in total. The average Bonchev–Trinajstić information content (AvgIpc) is 2.02. The minimum Gasteiger partial charge on any atom is -0.396 e. The molecule has 0 aromatic heterocycles. The van der Waals surface area contributed by atoms with Gasteiger partial charge in [0.05, 0.1) is 6.10 Å². The van der Waals surface area contributed by atoms with Crippen molar-refractivity contribution >= 4 is 0 Å². The molecule has 0 saturated carbocycles. The van der Waals surface area contributed by atoms with Crippen molar-refractivity contribution in [1.29, 1.82) is 0 Å². The lowest BCUT2D eigenvalue weighted by Crippen LogP contribution is -1.98. The summed E-state index contributed by atoms with van der Waals surface area (Å²) < 4.78 is 0. The molecule has 0 spiro atoms. The first-order valence-corrected chi connectivity index (χ1v) is 5.06. The summed E-state index contributed by atoms with van der Waals surface area (Å²) in [5.74, 6) is 0. The Bertz CT molecular complexity index is 81.9. The Morgan fingerprint density at radius 1 is 0.917 bits per heavy atom. The lowest BCUT2D eigenvalue weighted by Gasteiger charge is -2.03. The topological polar surface area (TPSA) is 40.5 Å². The van der Waals surface area contributed by atoms with E-state index >= 15 is 0 Å². The fraction of sp³-hybridized carbons (Fsp3) is 1.00. The first kappa shape index (κ1) is 11.9. The Morgan fingerprint density at radius 3 is 1.92 bits per heavy atom. The van der Waals surface area contributed by atoms with Gasteiger partial charge in [-0.1, -0.05) is 32.1 Å². The predicted octanol–water partition coefficient (Wildman–Crippen LogP) is 2.09. The van der Waals surface area contributed by atoms with Gasteiger partial charge in [0.1, 0.15) is 0 Å². The second-order valence-electron chi connectivity index (χ2n) is 3.48. The van der Waals surface area contributed by atoms with Crippen LogP contribution in [0.2, 0.25) is 0 Å². The van der Waals surface area contributed by atoms with Gasteiger partial charge in [-0.15, -0.1) is 0 Å². The third-order valence-corrected chi connectivity index (χ3v) is 2.03. The maximum absolute atomic E-state index is 8.96. The largest absolute Gasteiger partial charge is 0.396 e. The molecule has 0 fully saturated rings. The van der Waals surface area contributed by atoms with Crippen molar-refractivity contribution in [3.63, 3.8) is 0 Å². The molecular formula is C10H22O2. The quantitative estimate of drug-likeness (QED) is 0.553. The van der Waals surface area contributed by atoms with Crippen LogP contribution in [0, 0.1) is 0 Å². The Morgan fingerprint density at radius 2 is 1.42 bits per heavy atom. The second kappa shape index (κ2) is 9.01. The number of aliphatic hydroxyl groups excluding tert-OH is 2. The van der Waals surface area contributed by atoms with E-state index in [1.165, 1.54) is 19.3 Å². The van der Waals surface area contributed by atoms with Crippen molar-refractivity contribution in [1.82, 2.24) is 0 Å². The third-order valence-electron chi connectivity index (χ3n) is 2.03. The Balaban J connectivity index is 2.82. The summed E-state index contributed by atoms with van der Waals surface area (Å²) in [5.41, 5.74) is 0. The fourth-order valence-corrected chi connectivity index (χ4v) is 1.26. The van der Waals surface area contributed by atoms with Gasteiger partial charge in [0.2, 0.25) is 0 Å². The van der Waals surface area contributed by atoms with Crippen LogP contribution in [-0.2, 0) is 0 Å². The van der Waals surface area contributed by atoms with Gasteiger partial charge in [-0.05, 0) is 19.8 Å².